The number of anilines is 3. The largest absolute Gasteiger partial charge is 0.486 e. The van der Waals surface area contributed by atoms with Crippen LogP contribution in [0.15, 0.2) is 65.7 Å². The van der Waals surface area contributed by atoms with E-state index in [0.717, 1.165) is 22.7 Å². The number of aromatic nitrogens is 1. The summed E-state index contributed by atoms with van der Waals surface area (Å²) in [5.41, 5.74) is 2.53. The van der Waals surface area contributed by atoms with E-state index in [1.54, 1.807) is 42.6 Å². The smallest absolute Gasteiger partial charge is 0.263 e. The molecule has 28 heavy (non-hydrogen) atoms. The molecule has 7 nitrogen and oxygen atoms in total. The number of benzene rings is 2. The molecule has 2 aromatic carbocycles. The van der Waals surface area contributed by atoms with Crippen molar-refractivity contribution in [2.24, 2.45) is 0 Å². The Hall–Kier alpha value is -3.26. The maximum absolute atomic E-state index is 12.4. The van der Waals surface area contributed by atoms with Gasteiger partial charge in [0.15, 0.2) is 11.5 Å². The highest BCUT2D eigenvalue weighted by atomic mass is 32.2. The van der Waals surface area contributed by atoms with Crippen molar-refractivity contribution in [1.29, 1.82) is 0 Å². The first-order valence-corrected chi connectivity index (χ1v) is 10.2. The summed E-state index contributed by atoms with van der Waals surface area (Å²) in [7, 11) is -3.68. The lowest BCUT2D eigenvalue weighted by Gasteiger charge is -2.19. The van der Waals surface area contributed by atoms with Crippen molar-refractivity contribution in [2.75, 3.05) is 23.3 Å². The van der Waals surface area contributed by atoms with Crippen LogP contribution in [0, 0.1) is 6.92 Å². The third-order valence-electron chi connectivity index (χ3n) is 4.16. The van der Waals surface area contributed by atoms with Crippen LogP contribution in [-0.2, 0) is 10.0 Å². The minimum Gasteiger partial charge on any atom is -0.486 e. The molecule has 0 radical (unpaired) electrons. The van der Waals surface area contributed by atoms with Crippen molar-refractivity contribution in [3.63, 3.8) is 0 Å². The fraction of sp³-hybridized carbons (Fsp3) is 0.150. The second kappa shape index (κ2) is 7.40. The maximum atomic E-state index is 12.4. The topological polar surface area (TPSA) is 89.6 Å². The summed E-state index contributed by atoms with van der Waals surface area (Å²) in [4.78, 5) is 4.37. The van der Waals surface area contributed by atoms with E-state index in [1.807, 2.05) is 25.1 Å². The van der Waals surface area contributed by atoms with Crippen molar-refractivity contribution in [3.05, 3.63) is 66.4 Å². The minimum atomic E-state index is -3.68. The van der Waals surface area contributed by atoms with E-state index in [2.05, 4.69) is 15.0 Å². The van der Waals surface area contributed by atoms with Gasteiger partial charge in [-0.1, -0.05) is 17.7 Å². The number of fused-ring (bicyclic) bond motifs is 1. The van der Waals surface area contributed by atoms with Crippen molar-refractivity contribution in [1.82, 2.24) is 4.98 Å². The number of hydrogen-bond acceptors (Lipinski definition) is 6. The summed E-state index contributed by atoms with van der Waals surface area (Å²) >= 11 is 0. The van der Waals surface area contributed by atoms with E-state index in [9.17, 15) is 8.42 Å². The van der Waals surface area contributed by atoms with Crippen LogP contribution in [0.1, 0.15) is 5.56 Å². The highest BCUT2D eigenvalue weighted by Gasteiger charge is 2.15. The second-order valence-electron chi connectivity index (χ2n) is 6.33. The first kappa shape index (κ1) is 18.1. The van der Waals surface area contributed by atoms with Crippen LogP contribution >= 0.6 is 0 Å². The Morgan fingerprint density at radius 1 is 0.893 bits per heavy atom. The molecule has 0 spiro atoms. The molecular formula is C20H19N3O4S. The Labute approximate surface area is 163 Å². The monoisotopic (exact) mass is 397 g/mol. The zero-order chi connectivity index (χ0) is 19.6. The number of ether oxygens (including phenoxy) is 2. The van der Waals surface area contributed by atoms with Gasteiger partial charge < -0.3 is 14.8 Å². The molecule has 0 saturated heterocycles. The fourth-order valence-electron chi connectivity index (χ4n) is 2.73. The normalized spacial score (nSPS) is 13.0. The first-order chi connectivity index (χ1) is 13.5. The summed E-state index contributed by atoms with van der Waals surface area (Å²) in [5.74, 6) is 1.65. The standard InChI is InChI=1S/C20H19N3O4S/c1-14-2-6-17(7-3-14)28(24,25)23-20-9-5-16(13-21-20)22-15-4-8-18-19(12-15)27-11-10-26-18/h2-9,12-13,22H,10-11H2,1H3,(H,21,23). The maximum Gasteiger partial charge on any atom is 0.263 e. The molecule has 0 atom stereocenters. The molecule has 0 bridgehead atoms. The molecule has 0 fully saturated rings. The predicted molar refractivity (Wildman–Crippen MR) is 107 cm³/mol. The molecule has 1 aliphatic rings. The molecule has 0 aliphatic carbocycles. The van der Waals surface area contributed by atoms with E-state index >= 15 is 0 Å². The molecule has 0 unspecified atom stereocenters. The van der Waals surface area contributed by atoms with Gasteiger partial charge in [0.2, 0.25) is 0 Å². The summed E-state index contributed by atoms with van der Waals surface area (Å²) in [6.45, 7) is 2.97. The Bertz CT molecular complexity index is 1080. The SMILES string of the molecule is Cc1ccc(S(=O)(=O)Nc2ccc(Nc3ccc4c(c3)OCCO4)cn2)cc1. The molecule has 2 N–H and O–H groups in total. The van der Waals surface area contributed by atoms with Gasteiger partial charge in [0, 0.05) is 11.8 Å². The molecule has 0 saturated carbocycles. The lowest BCUT2D eigenvalue weighted by atomic mass is 10.2. The fourth-order valence-corrected chi connectivity index (χ4v) is 3.74. The lowest BCUT2D eigenvalue weighted by Crippen LogP contribution is -2.15. The molecule has 4 rings (SSSR count). The van der Waals surface area contributed by atoms with Crippen LogP contribution < -0.4 is 19.5 Å². The molecule has 144 valence electrons. The quantitative estimate of drug-likeness (QED) is 0.682. The van der Waals surface area contributed by atoms with E-state index < -0.39 is 10.0 Å². The predicted octanol–water partition coefficient (Wildman–Crippen LogP) is 3.71. The lowest BCUT2D eigenvalue weighted by molar-refractivity contribution is 0.171. The number of hydrogen-bond donors (Lipinski definition) is 2. The van der Waals surface area contributed by atoms with Crippen molar-refractivity contribution in [2.45, 2.75) is 11.8 Å². The highest BCUT2D eigenvalue weighted by Crippen LogP contribution is 2.33. The van der Waals surface area contributed by atoms with Crippen LogP contribution in [0.3, 0.4) is 0 Å². The van der Waals surface area contributed by atoms with E-state index in [1.165, 1.54) is 0 Å². The first-order valence-electron chi connectivity index (χ1n) is 8.72. The summed E-state index contributed by atoms with van der Waals surface area (Å²) < 4.78 is 38.4. The molecule has 0 amide bonds. The number of nitrogens with zero attached hydrogens (tertiary/aromatic N) is 1. The average molecular weight is 397 g/mol. The Balaban J connectivity index is 1.46. The van der Waals surface area contributed by atoms with Crippen LogP contribution in [-0.4, -0.2) is 26.6 Å². The van der Waals surface area contributed by atoms with E-state index in [-0.39, 0.29) is 10.7 Å². The van der Waals surface area contributed by atoms with Gasteiger partial charge in [-0.3, -0.25) is 4.72 Å². The second-order valence-corrected chi connectivity index (χ2v) is 8.02. The Kier molecular flexibility index (Phi) is 4.79. The third kappa shape index (κ3) is 4.01. The highest BCUT2D eigenvalue weighted by molar-refractivity contribution is 7.92. The number of aryl methyl sites for hydroxylation is 1. The zero-order valence-electron chi connectivity index (χ0n) is 15.2. The van der Waals surface area contributed by atoms with Gasteiger partial charge in [-0.05, 0) is 43.3 Å². The van der Waals surface area contributed by atoms with Gasteiger partial charge in [-0.25, -0.2) is 13.4 Å². The number of nitrogens with one attached hydrogen (secondary N) is 2. The average Bonchev–Trinajstić information content (AvgIpc) is 2.69. The Morgan fingerprint density at radius 3 is 2.32 bits per heavy atom. The molecule has 8 heteroatoms. The molecule has 3 aromatic rings. The van der Waals surface area contributed by atoms with Crippen molar-refractivity contribution in [3.8, 4) is 11.5 Å². The van der Waals surface area contributed by atoms with Gasteiger partial charge in [0.25, 0.3) is 10.0 Å². The summed E-state index contributed by atoms with van der Waals surface area (Å²) in [6.07, 6.45) is 1.56. The number of pyridine rings is 1. The van der Waals surface area contributed by atoms with Crippen molar-refractivity contribution >= 4 is 27.2 Å². The molecule has 1 aliphatic heterocycles. The third-order valence-corrected chi connectivity index (χ3v) is 5.54. The van der Waals surface area contributed by atoms with Crippen LogP contribution in [0.25, 0.3) is 0 Å². The molecule has 2 heterocycles. The number of sulfonamides is 1. The van der Waals surface area contributed by atoms with Crippen LogP contribution in [0.5, 0.6) is 11.5 Å². The molecule has 1 aromatic heterocycles. The van der Waals surface area contributed by atoms with Gasteiger partial charge in [-0.2, -0.15) is 0 Å². The van der Waals surface area contributed by atoms with Crippen LogP contribution in [0.4, 0.5) is 17.2 Å². The van der Waals surface area contributed by atoms with Crippen LogP contribution in [0.2, 0.25) is 0 Å². The van der Waals surface area contributed by atoms with E-state index in [4.69, 9.17) is 9.47 Å². The molecular weight excluding hydrogens is 378 g/mol. The number of rotatable bonds is 5. The van der Waals surface area contributed by atoms with Gasteiger partial charge in [-0.15, -0.1) is 0 Å². The minimum absolute atomic E-state index is 0.193. The zero-order valence-corrected chi connectivity index (χ0v) is 16.0. The van der Waals surface area contributed by atoms with Gasteiger partial charge in [0.05, 0.1) is 16.8 Å². The van der Waals surface area contributed by atoms with E-state index in [0.29, 0.717) is 19.0 Å². The Morgan fingerprint density at radius 2 is 1.61 bits per heavy atom. The van der Waals surface area contributed by atoms with Gasteiger partial charge in [0.1, 0.15) is 19.0 Å². The summed E-state index contributed by atoms with van der Waals surface area (Å²) in [5, 5.41) is 3.21. The summed E-state index contributed by atoms with van der Waals surface area (Å²) in [6, 6.07) is 15.6. The van der Waals surface area contributed by atoms with Crippen molar-refractivity contribution < 1.29 is 17.9 Å². The van der Waals surface area contributed by atoms with Gasteiger partial charge >= 0.3 is 0 Å².